The highest BCUT2D eigenvalue weighted by atomic mass is 32.2. The van der Waals surface area contributed by atoms with Gasteiger partial charge in [-0.3, -0.25) is 4.79 Å². The number of benzene rings is 2. The number of carbonyl (C=O) groups excluding carboxylic acids is 1. The van der Waals surface area contributed by atoms with Crippen molar-refractivity contribution in [1.82, 2.24) is 19.2 Å². The fourth-order valence-corrected chi connectivity index (χ4v) is 4.40. The minimum absolute atomic E-state index is 0.152. The Kier molecular flexibility index (Phi) is 6.38. The largest absolute Gasteiger partial charge is 0.338 e. The van der Waals surface area contributed by atoms with Gasteiger partial charge >= 0.3 is 0 Å². The van der Waals surface area contributed by atoms with Crippen molar-refractivity contribution < 1.29 is 13.2 Å². The molecule has 1 N–H and O–H groups in total. The number of nitrogens with zero attached hydrogens (tertiary/aromatic N) is 3. The van der Waals surface area contributed by atoms with E-state index in [1.54, 1.807) is 20.0 Å². The van der Waals surface area contributed by atoms with E-state index in [0.29, 0.717) is 11.4 Å². The predicted molar refractivity (Wildman–Crippen MR) is 115 cm³/mol. The van der Waals surface area contributed by atoms with Crippen LogP contribution in [0.3, 0.4) is 0 Å². The summed E-state index contributed by atoms with van der Waals surface area (Å²) in [5.41, 5.74) is 1.27. The Morgan fingerprint density at radius 3 is 2.23 bits per heavy atom. The lowest BCUT2D eigenvalue weighted by atomic mass is 10.1. The van der Waals surface area contributed by atoms with Crippen molar-refractivity contribution in [2.75, 3.05) is 7.05 Å². The lowest BCUT2D eigenvalue weighted by molar-refractivity contribution is 0.0941. The zero-order valence-electron chi connectivity index (χ0n) is 17.5. The average Bonchev–Trinajstić information content (AvgIpc) is 3.17. The molecular weight excluding hydrogens is 400 g/mol. The number of sulfonamides is 1. The Labute approximate surface area is 177 Å². The Morgan fingerprint density at radius 2 is 1.70 bits per heavy atom. The molecule has 0 saturated heterocycles. The highest BCUT2D eigenvalue weighted by Crippen LogP contribution is 2.22. The number of aryl methyl sites for hydroxylation is 1. The lowest BCUT2D eigenvalue weighted by Gasteiger charge is -2.21. The molecule has 0 saturated carbocycles. The second kappa shape index (κ2) is 8.81. The van der Waals surface area contributed by atoms with Gasteiger partial charge in [-0.05, 0) is 43.7 Å². The van der Waals surface area contributed by atoms with Crippen LogP contribution in [0.5, 0.6) is 0 Å². The lowest BCUT2D eigenvalue weighted by Crippen LogP contribution is -2.33. The molecule has 3 aromatic rings. The maximum absolute atomic E-state index is 12.9. The maximum atomic E-state index is 12.9. The molecule has 0 aliphatic rings. The van der Waals surface area contributed by atoms with Gasteiger partial charge in [0.05, 0.1) is 4.90 Å². The second-order valence-corrected chi connectivity index (χ2v) is 9.35. The third kappa shape index (κ3) is 4.44. The van der Waals surface area contributed by atoms with Crippen molar-refractivity contribution in [3.8, 4) is 0 Å². The van der Waals surface area contributed by atoms with Gasteiger partial charge in [0.25, 0.3) is 5.91 Å². The molecule has 30 heavy (non-hydrogen) atoms. The molecule has 0 aliphatic carbocycles. The number of hydrogen-bond donors (Lipinski definition) is 1. The highest BCUT2D eigenvalue weighted by molar-refractivity contribution is 7.89. The summed E-state index contributed by atoms with van der Waals surface area (Å²) < 4.78 is 28.4. The molecule has 2 aromatic carbocycles. The summed E-state index contributed by atoms with van der Waals surface area (Å²) in [6, 6.07) is 14.9. The molecule has 3 rings (SSSR count). The van der Waals surface area contributed by atoms with Crippen LogP contribution in [0.2, 0.25) is 0 Å². The summed E-state index contributed by atoms with van der Waals surface area (Å²) in [6.07, 6.45) is 3.50. The zero-order chi connectivity index (χ0) is 21.9. The van der Waals surface area contributed by atoms with Crippen LogP contribution in [0.25, 0.3) is 0 Å². The van der Waals surface area contributed by atoms with Crippen LogP contribution in [0.1, 0.15) is 41.6 Å². The van der Waals surface area contributed by atoms with Crippen LogP contribution in [0.4, 0.5) is 0 Å². The van der Waals surface area contributed by atoms with E-state index in [1.807, 2.05) is 48.1 Å². The van der Waals surface area contributed by atoms with E-state index in [2.05, 4.69) is 10.3 Å². The number of hydrogen-bond acceptors (Lipinski definition) is 4. The smallest absolute Gasteiger partial charge is 0.252 e. The maximum Gasteiger partial charge on any atom is 0.252 e. The number of imidazole rings is 1. The van der Waals surface area contributed by atoms with E-state index in [-0.39, 0.29) is 16.8 Å². The van der Waals surface area contributed by atoms with Gasteiger partial charge in [0, 0.05) is 38.1 Å². The van der Waals surface area contributed by atoms with Gasteiger partial charge in [-0.15, -0.1) is 0 Å². The molecule has 0 aliphatic heterocycles. The van der Waals surface area contributed by atoms with Crippen molar-refractivity contribution in [3.05, 3.63) is 83.9 Å². The van der Waals surface area contributed by atoms with Crippen LogP contribution < -0.4 is 5.32 Å². The van der Waals surface area contributed by atoms with Gasteiger partial charge in [0.1, 0.15) is 11.9 Å². The van der Waals surface area contributed by atoms with Crippen molar-refractivity contribution in [1.29, 1.82) is 0 Å². The summed E-state index contributed by atoms with van der Waals surface area (Å²) in [5.74, 6) is 0.389. The van der Waals surface area contributed by atoms with Gasteiger partial charge in [-0.2, -0.15) is 4.31 Å². The number of carbonyl (C=O) groups is 1. The van der Waals surface area contributed by atoms with E-state index in [4.69, 9.17) is 0 Å². The average molecular weight is 427 g/mol. The molecule has 1 atom stereocenters. The molecule has 0 radical (unpaired) electrons. The van der Waals surface area contributed by atoms with Gasteiger partial charge < -0.3 is 9.88 Å². The molecule has 0 spiro atoms. The van der Waals surface area contributed by atoms with Crippen LogP contribution in [0.15, 0.2) is 71.9 Å². The molecule has 1 heterocycles. The van der Waals surface area contributed by atoms with Crippen LogP contribution in [0, 0.1) is 0 Å². The van der Waals surface area contributed by atoms with Gasteiger partial charge in [0.15, 0.2) is 0 Å². The van der Waals surface area contributed by atoms with Crippen molar-refractivity contribution in [2.45, 2.75) is 30.8 Å². The Bertz CT molecular complexity index is 1110. The first kappa shape index (κ1) is 21.7. The summed E-state index contributed by atoms with van der Waals surface area (Å²) in [6.45, 7) is 3.61. The van der Waals surface area contributed by atoms with Crippen LogP contribution >= 0.6 is 0 Å². The molecule has 158 valence electrons. The first-order valence-corrected chi connectivity index (χ1v) is 11.1. The van der Waals surface area contributed by atoms with Crippen LogP contribution in [-0.4, -0.2) is 41.3 Å². The van der Waals surface area contributed by atoms with Gasteiger partial charge in [-0.25, -0.2) is 13.4 Å². The Morgan fingerprint density at radius 1 is 1.07 bits per heavy atom. The normalized spacial score (nSPS) is 12.9. The molecule has 8 heteroatoms. The summed E-state index contributed by atoms with van der Waals surface area (Å²) in [7, 11) is -0.190. The third-order valence-corrected chi connectivity index (χ3v) is 7.09. The van der Waals surface area contributed by atoms with E-state index in [0.717, 1.165) is 5.56 Å². The summed E-state index contributed by atoms with van der Waals surface area (Å²) >= 11 is 0. The SMILES string of the molecule is CC(C)N(C)S(=O)(=O)c1ccc(C(=O)NC(c2ccccc2)c2nccn2C)cc1. The standard InChI is InChI=1S/C22H26N4O3S/c1-16(2)26(4)30(28,29)19-12-10-18(11-13-19)22(27)24-20(17-8-6-5-7-9-17)21-23-14-15-25(21)3/h5-16,20H,1-4H3,(H,24,27). The molecule has 1 unspecified atom stereocenters. The molecule has 1 aromatic heterocycles. The predicted octanol–water partition coefficient (Wildman–Crippen LogP) is 2.97. The second-order valence-electron chi connectivity index (χ2n) is 7.35. The number of rotatable bonds is 7. The molecule has 7 nitrogen and oxygen atoms in total. The fraction of sp³-hybridized carbons (Fsp3) is 0.273. The van der Waals surface area contributed by atoms with Gasteiger partial charge in [0.2, 0.25) is 10.0 Å². The minimum atomic E-state index is -3.60. The fourth-order valence-electron chi connectivity index (χ4n) is 3.03. The first-order chi connectivity index (χ1) is 14.2. The van der Waals surface area contributed by atoms with E-state index in [1.165, 1.54) is 35.6 Å². The molecule has 0 bridgehead atoms. The highest BCUT2D eigenvalue weighted by Gasteiger charge is 2.24. The monoisotopic (exact) mass is 426 g/mol. The number of nitrogens with one attached hydrogen (secondary N) is 1. The Hall–Kier alpha value is -2.97. The molecular formula is C22H26N4O3S. The third-order valence-electron chi connectivity index (χ3n) is 5.05. The molecule has 1 amide bonds. The Balaban J connectivity index is 1.86. The van der Waals surface area contributed by atoms with E-state index < -0.39 is 16.1 Å². The number of amides is 1. The summed E-state index contributed by atoms with van der Waals surface area (Å²) in [5, 5.41) is 3.01. The topological polar surface area (TPSA) is 84.3 Å². The van der Waals surface area contributed by atoms with Crippen LogP contribution in [-0.2, 0) is 17.1 Å². The van der Waals surface area contributed by atoms with Crippen molar-refractivity contribution >= 4 is 15.9 Å². The van der Waals surface area contributed by atoms with E-state index >= 15 is 0 Å². The number of aromatic nitrogens is 2. The van der Waals surface area contributed by atoms with Gasteiger partial charge in [-0.1, -0.05) is 30.3 Å². The molecule has 0 fully saturated rings. The quantitative estimate of drug-likeness (QED) is 0.630. The van der Waals surface area contributed by atoms with Crippen molar-refractivity contribution in [3.63, 3.8) is 0 Å². The first-order valence-electron chi connectivity index (χ1n) is 9.63. The zero-order valence-corrected chi connectivity index (χ0v) is 18.3. The minimum Gasteiger partial charge on any atom is -0.338 e. The summed E-state index contributed by atoms with van der Waals surface area (Å²) in [4.78, 5) is 17.5. The van der Waals surface area contributed by atoms with E-state index in [9.17, 15) is 13.2 Å². The van der Waals surface area contributed by atoms with Crippen molar-refractivity contribution in [2.24, 2.45) is 7.05 Å².